The zero-order chi connectivity index (χ0) is 16.2. The second-order valence-corrected chi connectivity index (χ2v) is 5.40. The number of methoxy groups -OCH3 is 1. The lowest BCUT2D eigenvalue weighted by molar-refractivity contribution is 0.0881. The van der Waals surface area contributed by atoms with Crippen molar-refractivity contribution < 1.29 is 24.1 Å². The Bertz CT molecular complexity index is 693. The highest BCUT2D eigenvalue weighted by Crippen LogP contribution is 2.32. The van der Waals surface area contributed by atoms with Gasteiger partial charge >= 0.3 is 0 Å². The number of carbonyl (C=O) groups is 1. The number of ether oxygens (including phenoxy) is 3. The van der Waals surface area contributed by atoms with Crippen LogP contribution in [-0.4, -0.2) is 30.9 Å². The maximum absolute atomic E-state index is 12.2. The molecule has 0 saturated heterocycles. The summed E-state index contributed by atoms with van der Waals surface area (Å²) in [6.45, 7) is 0.220. The van der Waals surface area contributed by atoms with Crippen LogP contribution in [0.5, 0.6) is 17.2 Å². The van der Waals surface area contributed by atoms with Crippen molar-refractivity contribution in [1.82, 2.24) is 0 Å². The summed E-state index contributed by atoms with van der Waals surface area (Å²) in [5, 5.41) is 10.2. The van der Waals surface area contributed by atoms with Gasteiger partial charge in [-0.15, -0.1) is 0 Å². The monoisotopic (exact) mass is 314 g/mol. The van der Waals surface area contributed by atoms with Crippen LogP contribution in [0.3, 0.4) is 0 Å². The highest BCUT2D eigenvalue weighted by molar-refractivity contribution is 5.96. The molecule has 0 bridgehead atoms. The van der Waals surface area contributed by atoms with Gasteiger partial charge in [-0.05, 0) is 48.4 Å². The minimum atomic E-state index is -0.745. The molecule has 1 aliphatic heterocycles. The third-order valence-electron chi connectivity index (χ3n) is 3.74. The van der Waals surface area contributed by atoms with Crippen LogP contribution < -0.4 is 14.2 Å². The lowest BCUT2D eigenvalue weighted by Gasteiger charge is -2.11. The SMILES string of the molecule is COc1ccc(C(=O)CC(O)Cc2ccc3c(c2)OCO3)cc1. The molecule has 2 aromatic rings. The van der Waals surface area contributed by atoms with Gasteiger partial charge in [-0.3, -0.25) is 4.79 Å². The topological polar surface area (TPSA) is 65.0 Å². The number of carbonyl (C=O) groups excluding carboxylic acids is 1. The zero-order valence-corrected chi connectivity index (χ0v) is 12.8. The Morgan fingerprint density at radius 2 is 1.91 bits per heavy atom. The van der Waals surface area contributed by atoms with Crippen molar-refractivity contribution in [2.24, 2.45) is 0 Å². The van der Waals surface area contributed by atoms with E-state index < -0.39 is 6.10 Å². The first-order valence-corrected chi connectivity index (χ1v) is 7.39. The summed E-state index contributed by atoms with van der Waals surface area (Å²) in [7, 11) is 1.58. The summed E-state index contributed by atoms with van der Waals surface area (Å²) >= 11 is 0. The summed E-state index contributed by atoms with van der Waals surface area (Å²) < 4.78 is 15.6. The van der Waals surface area contributed by atoms with Crippen molar-refractivity contribution in [1.29, 1.82) is 0 Å². The number of ketones is 1. The number of hydrogen-bond acceptors (Lipinski definition) is 5. The lowest BCUT2D eigenvalue weighted by atomic mass is 10.00. The van der Waals surface area contributed by atoms with E-state index in [-0.39, 0.29) is 19.0 Å². The number of aliphatic hydroxyl groups excluding tert-OH is 1. The van der Waals surface area contributed by atoms with Gasteiger partial charge in [0.1, 0.15) is 5.75 Å². The number of rotatable bonds is 6. The Morgan fingerprint density at radius 3 is 2.65 bits per heavy atom. The molecule has 0 aromatic heterocycles. The summed E-state index contributed by atoms with van der Waals surface area (Å²) in [6, 6.07) is 12.4. The van der Waals surface area contributed by atoms with Crippen molar-refractivity contribution in [2.45, 2.75) is 18.9 Å². The number of benzene rings is 2. The minimum Gasteiger partial charge on any atom is -0.497 e. The van der Waals surface area contributed by atoms with Crippen molar-refractivity contribution in [3.63, 3.8) is 0 Å². The van der Waals surface area contributed by atoms with Gasteiger partial charge in [0, 0.05) is 12.0 Å². The molecule has 1 N–H and O–H groups in total. The minimum absolute atomic E-state index is 0.0702. The van der Waals surface area contributed by atoms with Crippen molar-refractivity contribution >= 4 is 5.78 Å². The maximum Gasteiger partial charge on any atom is 0.231 e. The van der Waals surface area contributed by atoms with E-state index in [4.69, 9.17) is 14.2 Å². The Balaban J connectivity index is 1.59. The molecule has 1 unspecified atom stereocenters. The molecular weight excluding hydrogens is 296 g/mol. The fourth-order valence-electron chi connectivity index (χ4n) is 2.52. The molecular formula is C18H18O5. The van der Waals surface area contributed by atoms with Crippen LogP contribution in [0.15, 0.2) is 42.5 Å². The van der Waals surface area contributed by atoms with Gasteiger partial charge in [-0.1, -0.05) is 6.07 Å². The average Bonchev–Trinajstić information content (AvgIpc) is 3.02. The van der Waals surface area contributed by atoms with Crippen LogP contribution in [0.1, 0.15) is 22.3 Å². The highest BCUT2D eigenvalue weighted by atomic mass is 16.7. The molecule has 2 aromatic carbocycles. The normalized spacial score (nSPS) is 13.7. The molecule has 0 aliphatic carbocycles. The van der Waals surface area contributed by atoms with Gasteiger partial charge in [0.15, 0.2) is 17.3 Å². The van der Waals surface area contributed by atoms with Gasteiger partial charge < -0.3 is 19.3 Å². The van der Waals surface area contributed by atoms with E-state index in [1.54, 1.807) is 31.4 Å². The van der Waals surface area contributed by atoms with Gasteiger partial charge in [0.25, 0.3) is 0 Å². The second-order valence-electron chi connectivity index (χ2n) is 5.40. The summed E-state index contributed by atoms with van der Waals surface area (Å²) in [6.07, 6.45) is -0.288. The van der Waals surface area contributed by atoms with E-state index in [0.717, 1.165) is 5.56 Å². The van der Waals surface area contributed by atoms with Gasteiger partial charge in [-0.2, -0.15) is 0 Å². The van der Waals surface area contributed by atoms with Crippen LogP contribution in [0.2, 0.25) is 0 Å². The molecule has 0 fully saturated rings. The molecule has 0 radical (unpaired) electrons. The first kappa shape index (κ1) is 15.4. The number of hydrogen-bond donors (Lipinski definition) is 1. The Labute approximate surface area is 134 Å². The van der Waals surface area contributed by atoms with E-state index in [0.29, 0.717) is 29.2 Å². The van der Waals surface area contributed by atoms with E-state index in [9.17, 15) is 9.90 Å². The van der Waals surface area contributed by atoms with Crippen LogP contribution in [0.25, 0.3) is 0 Å². The van der Waals surface area contributed by atoms with E-state index >= 15 is 0 Å². The predicted molar refractivity (Wildman–Crippen MR) is 84.2 cm³/mol. The molecule has 23 heavy (non-hydrogen) atoms. The third-order valence-corrected chi connectivity index (χ3v) is 3.74. The van der Waals surface area contributed by atoms with Gasteiger partial charge in [0.2, 0.25) is 6.79 Å². The Hall–Kier alpha value is -2.53. The first-order valence-electron chi connectivity index (χ1n) is 7.39. The van der Waals surface area contributed by atoms with Crippen molar-refractivity contribution in [3.05, 3.63) is 53.6 Å². The maximum atomic E-state index is 12.2. The van der Waals surface area contributed by atoms with E-state index in [1.807, 2.05) is 18.2 Å². The predicted octanol–water partition coefficient (Wildman–Crippen LogP) is 2.60. The Morgan fingerprint density at radius 1 is 1.17 bits per heavy atom. The summed E-state index contributed by atoms with van der Waals surface area (Å²) in [4.78, 5) is 12.2. The average molecular weight is 314 g/mol. The molecule has 1 heterocycles. The van der Waals surface area contributed by atoms with E-state index in [1.165, 1.54) is 0 Å². The molecule has 5 nitrogen and oxygen atoms in total. The molecule has 1 aliphatic rings. The summed E-state index contributed by atoms with van der Waals surface area (Å²) in [5.74, 6) is 1.98. The van der Waals surface area contributed by atoms with Crippen molar-refractivity contribution in [3.8, 4) is 17.2 Å². The third kappa shape index (κ3) is 3.63. The first-order chi connectivity index (χ1) is 11.2. The molecule has 0 saturated carbocycles. The fourth-order valence-corrected chi connectivity index (χ4v) is 2.52. The molecule has 120 valence electrons. The van der Waals surface area contributed by atoms with Crippen LogP contribution in [0.4, 0.5) is 0 Å². The quantitative estimate of drug-likeness (QED) is 0.830. The van der Waals surface area contributed by atoms with Gasteiger partial charge in [0.05, 0.1) is 13.2 Å². The molecule has 0 amide bonds. The van der Waals surface area contributed by atoms with Crippen molar-refractivity contribution in [2.75, 3.05) is 13.9 Å². The molecule has 0 spiro atoms. The fraction of sp³-hybridized carbons (Fsp3) is 0.278. The van der Waals surface area contributed by atoms with Crippen LogP contribution >= 0.6 is 0 Å². The smallest absolute Gasteiger partial charge is 0.231 e. The second kappa shape index (κ2) is 6.71. The number of aliphatic hydroxyl groups is 1. The Kier molecular flexibility index (Phi) is 4.48. The van der Waals surface area contributed by atoms with Crippen LogP contribution in [0, 0.1) is 0 Å². The van der Waals surface area contributed by atoms with E-state index in [2.05, 4.69) is 0 Å². The molecule has 3 rings (SSSR count). The summed E-state index contributed by atoms with van der Waals surface area (Å²) in [5.41, 5.74) is 1.47. The standard InChI is InChI=1S/C18H18O5/c1-21-15-5-3-13(4-6-15)16(20)10-14(19)8-12-2-7-17-18(9-12)23-11-22-17/h2-7,9,14,19H,8,10-11H2,1H3. The molecule has 1 atom stereocenters. The highest BCUT2D eigenvalue weighted by Gasteiger charge is 2.17. The largest absolute Gasteiger partial charge is 0.497 e. The zero-order valence-electron chi connectivity index (χ0n) is 12.8. The number of Topliss-reactive ketones (excluding diaryl/α,β-unsaturated/α-hetero) is 1. The van der Waals surface area contributed by atoms with Gasteiger partial charge in [-0.25, -0.2) is 0 Å². The van der Waals surface area contributed by atoms with Crippen LogP contribution in [-0.2, 0) is 6.42 Å². The number of fused-ring (bicyclic) bond motifs is 1. The lowest BCUT2D eigenvalue weighted by Crippen LogP contribution is -2.16. The molecule has 5 heteroatoms.